The quantitative estimate of drug-likeness (QED) is 0.555. The predicted octanol–water partition coefficient (Wildman–Crippen LogP) is 1.52. The number of pyridine rings is 1. The van der Waals surface area contributed by atoms with E-state index in [1.807, 2.05) is 42.3 Å². The molecule has 2 aromatic heterocycles. The lowest BCUT2D eigenvalue weighted by atomic mass is 10.1. The van der Waals surface area contributed by atoms with Gasteiger partial charge in [0.05, 0.1) is 30.5 Å². The molecule has 1 saturated heterocycles. The van der Waals surface area contributed by atoms with Crippen LogP contribution in [0.1, 0.15) is 0 Å². The Morgan fingerprint density at radius 2 is 2.07 bits per heavy atom. The largest absolute Gasteiger partial charge is 0.395 e. The Morgan fingerprint density at radius 1 is 1.24 bits per heavy atom. The molecule has 0 amide bonds. The lowest BCUT2D eigenvalue weighted by molar-refractivity contribution is 0.0372. The van der Waals surface area contributed by atoms with Gasteiger partial charge in [-0.2, -0.15) is 0 Å². The topological polar surface area (TPSA) is 95.4 Å². The Balaban J connectivity index is 1.61. The molecule has 0 bridgehead atoms. The highest BCUT2D eigenvalue weighted by atomic mass is 16.5. The molecule has 0 radical (unpaired) electrons. The Kier molecular flexibility index (Phi) is 6.14. The zero-order valence-electron chi connectivity index (χ0n) is 16.5. The van der Waals surface area contributed by atoms with E-state index in [9.17, 15) is 0 Å². The molecular weight excluding hydrogens is 368 g/mol. The number of likely N-dealkylation sites (N-methyl/N-ethyl adjacent to an activating group) is 1. The first-order valence-electron chi connectivity index (χ1n) is 9.85. The van der Waals surface area contributed by atoms with Gasteiger partial charge in [-0.1, -0.05) is 12.1 Å². The monoisotopic (exact) mass is 394 g/mol. The van der Waals surface area contributed by atoms with Gasteiger partial charge < -0.3 is 25.4 Å². The third kappa shape index (κ3) is 4.61. The van der Waals surface area contributed by atoms with Crippen LogP contribution in [0, 0.1) is 0 Å². The van der Waals surface area contributed by atoms with Crippen LogP contribution in [0.4, 0.5) is 11.5 Å². The van der Waals surface area contributed by atoms with Crippen LogP contribution in [0.3, 0.4) is 0 Å². The number of anilines is 2. The van der Waals surface area contributed by atoms with Crippen molar-refractivity contribution in [1.29, 1.82) is 0 Å². The van der Waals surface area contributed by atoms with E-state index in [-0.39, 0.29) is 12.7 Å². The fourth-order valence-corrected chi connectivity index (χ4v) is 3.37. The maximum Gasteiger partial charge on any atom is 0.154 e. The molecule has 1 aliphatic rings. The second kappa shape index (κ2) is 9.13. The molecule has 3 aromatic rings. The molecule has 1 aliphatic heterocycles. The van der Waals surface area contributed by atoms with Crippen molar-refractivity contribution < 1.29 is 9.84 Å². The lowest BCUT2D eigenvalue weighted by Gasteiger charge is -2.24. The fraction of sp³-hybridized carbons (Fsp3) is 0.381. The van der Waals surface area contributed by atoms with E-state index in [0.717, 1.165) is 47.7 Å². The molecular formula is C21H26N6O2. The number of rotatable bonds is 7. The van der Waals surface area contributed by atoms with Crippen molar-refractivity contribution in [1.82, 2.24) is 20.3 Å². The summed E-state index contributed by atoms with van der Waals surface area (Å²) in [6.45, 7) is 3.80. The van der Waals surface area contributed by atoms with Crippen molar-refractivity contribution in [3.8, 4) is 11.3 Å². The van der Waals surface area contributed by atoms with E-state index in [2.05, 4.69) is 20.6 Å². The standard InChI is InChI=1S/C21H26N6O2/c1-27(9-10-28)16-4-2-15(3-5-16)18-12-19-20(24-7-6-23-19)21(26-18)25-14-17-13-22-8-11-29-17/h2-7,12,17,22,28H,8-11,13-14H2,1H3,(H,25,26). The summed E-state index contributed by atoms with van der Waals surface area (Å²) in [5.41, 5.74) is 4.42. The Labute approximate surface area is 170 Å². The van der Waals surface area contributed by atoms with Crippen LogP contribution in [-0.2, 0) is 4.74 Å². The third-order valence-corrected chi connectivity index (χ3v) is 5.00. The molecule has 29 heavy (non-hydrogen) atoms. The molecule has 0 spiro atoms. The van der Waals surface area contributed by atoms with Gasteiger partial charge in [0.25, 0.3) is 0 Å². The first kappa shape index (κ1) is 19.5. The second-order valence-electron chi connectivity index (χ2n) is 7.05. The number of aromatic nitrogens is 3. The van der Waals surface area contributed by atoms with Crippen molar-refractivity contribution in [2.24, 2.45) is 0 Å². The number of nitrogens with zero attached hydrogens (tertiary/aromatic N) is 4. The molecule has 1 unspecified atom stereocenters. The van der Waals surface area contributed by atoms with Crippen LogP contribution in [-0.4, -0.2) is 72.6 Å². The number of aliphatic hydroxyl groups is 1. The summed E-state index contributed by atoms with van der Waals surface area (Å²) in [6, 6.07) is 10.1. The summed E-state index contributed by atoms with van der Waals surface area (Å²) in [5.74, 6) is 0.709. The SMILES string of the molecule is CN(CCO)c1ccc(-c2cc3nccnc3c(NCC3CNCCO3)n2)cc1. The van der Waals surface area contributed by atoms with E-state index >= 15 is 0 Å². The zero-order valence-corrected chi connectivity index (χ0v) is 16.5. The molecule has 1 atom stereocenters. The van der Waals surface area contributed by atoms with Crippen molar-refractivity contribution >= 4 is 22.5 Å². The summed E-state index contributed by atoms with van der Waals surface area (Å²) >= 11 is 0. The normalized spacial score (nSPS) is 16.7. The summed E-state index contributed by atoms with van der Waals surface area (Å²) in [4.78, 5) is 15.8. The molecule has 152 valence electrons. The number of hydrogen-bond acceptors (Lipinski definition) is 8. The van der Waals surface area contributed by atoms with Gasteiger partial charge in [0.2, 0.25) is 0 Å². The molecule has 0 saturated carbocycles. The average molecular weight is 394 g/mol. The van der Waals surface area contributed by atoms with Crippen molar-refractivity contribution in [2.75, 3.05) is 56.7 Å². The summed E-state index contributed by atoms with van der Waals surface area (Å²) in [5, 5.41) is 15.9. The Hall–Kier alpha value is -2.81. The van der Waals surface area contributed by atoms with Gasteiger partial charge in [0.1, 0.15) is 5.52 Å². The molecule has 1 aromatic carbocycles. The van der Waals surface area contributed by atoms with Gasteiger partial charge in [-0.05, 0) is 18.2 Å². The molecule has 8 heteroatoms. The van der Waals surface area contributed by atoms with Crippen LogP contribution >= 0.6 is 0 Å². The molecule has 3 heterocycles. The van der Waals surface area contributed by atoms with Crippen LogP contribution in [0.2, 0.25) is 0 Å². The fourth-order valence-electron chi connectivity index (χ4n) is 3.37. The number of aliphatic hydroxyl groups excluding tert-OH is 1. The summed E-state index contributed by atoms with van der Waals surface area (Å²) in [7, 11) is 1.96. The number of fused-ring (bicyclic) bond motifs is 1. The van der Waals surface area contributed by atoms with Crippen LogP contribution in [0.5, 0.6) is 0 Å². The minimum Gasteiger partial charge on any atom is -0.395 e. The van der Waals surface area contributed by atoms with E-state index in [1.165, 1.54) is 0 Å². The number of morpholine rings is 1. The van der Waals surface area contributed by atoms with Crippen molar-refractivity contribution in [3.05, 3.63) is 42.7 Å². The van der Waals surface area contributed by atoms with Crippen molar-refractivity contribution in [2.45, 2.75) is 6.10 Å². The number of benzene rings is 1. The third-order valence-electron chi connectivity index (χ3n) is 5.00. The highest BCUT2D eigenvalue weighted by Crippen LogP contribution is 2.27. The lowest BCUT2D eigenvalue weighted by Crippen LogP contribution is -2.42. The van der Waals surface area contributed by atoms with Gasteiger partial charge >= 0.3 is 0 Å². The van der Waals surface area contributed by atoms with Gasteiger partial charge in [0.15, 0.2) is 5.82 Å². The maximum absolute atomic E-state index is 9.12. The predicted molar refractivity (Wildman–Crippen MR) is 114 cm³/mol. The first-order chi connectivity index (χ1) is 14.2. The highest BCUT2D eigenvalue weighted by Gasteiger charge is 2.15. The van der Waals surface area contributed by atoms with E-state index in [1.54, 1.807) is 12.4 Å². The molecule has 8 nitrogen and oxygen atoms in total. The highest BCUT2D eigenvalue weighted by molar-refractivity contribution is 5.88. The molecule has 3 N–H and O–H groups in total. The van der Waals surface area contributed by atoms with Crippen LogP contribution < -0.4 is 15.5 Å². The minimum absolute atomic E-state index is 0.0993. The van der Waals surface area contributed by atoms with Crippen LogP contribution in [0.15, 0.2) is 42.7 Å². The summed E-state index contributed by atoms with van der Waals surface area (Å²) < 4.78 is 5.77. The van der Waals surface area contributed by atoms with E-state index in [0.29, 0.717) is 18.9 Å². The smallest absolute Gasteiger partial charge is 0.154 e. The summed E-state index contributed by atoms with van der Waals surface area (Å²) in [6.07, 6.45) is 3.47. The molecule has 1 fully saturated rings. The van der Waals surface area contributed by atoms with Crippen LogP contribution in [0.25, 0.3) is 22.3 Å². The number of nitrogens with one attached hydrogen (secondary N) is 2. The Morgan fingerprint density at radius 3 is 2.83 bits per heavy atom. The minimum atomic E-state index is 0.0993. The second-order valence-corrected chi connectivity index (χ2v) is 7.05. The van der Waals surface area contributed by atoms with Gasteiger partial charge in [-0.3, -0.25) is 4.98 Å². The zero-order chi connectivity index (χ0) is 20.1. The average Bonchev–Trinajstić information content (AvgIpc) is 2.78. The molecule has 4 rings (SSSR count). The van der Waals surface area contributed by atoms with Gasteiger partial charge in [-0.15, -0.1) is 0 Å². The van der Waals surface area contributed by atoms with Gasteiger partial charge in [0, 0.05) is 56.9 Å². The maximum atomic E-state index is 9.12. The van der Waals surface area contributed by atoms with Gasteiger partial charge in [-0.25, -0.2) is 9.97 Å². The van der Waals surface area contributed by atoms with E-state index < -0.39 is 0 Å². The number of hydrogen-bond donors (Lipinski definition) is 3. The number of ether oxygens (including phenoxy) is 1. The van der Waals surface area contributed by atoms with Crippen molar-refractivity contribution in [3.63, 3.8) is 0 Å². The molecule has 0 aliphatic carbocycles. The van der Waals surface area contributed by atoms with E-state index in [4.69, 9.17) is 14.8 Å². The first-order valence-corrected chi connectivity index (χ1v) is 9.85. The Bertz CT molecular complexity index is 944.